The van der Waals surface area contributed by atoms with Crippen molar-refractivity contribution < 1.29 is 22.4 Å². The second-order valence-corrected chi connectivity index (χ2v) is 5.46. The fourth-order valence-electron chi connectivity index (χ4n) is 1.62. The summed E-state index contributed by atoms with van der Waals surface area (Å²) >= 11 is 0. The van der Waals surface area contributed by atoms with E-state index in [0.717, 1.165) is 12.8 Å². The first-order valence-corrected chi connectivity index (χ1v) is 6.76. The van der Waals surface area contributed by atoms with Crippen LogP contribution in [0.2, 0.25) is 0 Å². The van der Waals surface area contributed by atoms with Crippen LogP contribution < -0.4 is 4.72 Å². The first-order valence-electron chi connectivity index (χ1n) is 5.28. The minimum atomic E-state index is -3.69. The van der Waals surface area contributed by atoms with Crippen LogP contribution in [-0.2, 0) is 14.8 Å². The summed E-state index contributed by atoms with van der Waals surface area (Å²) in [5, 5.41) is -0.252. The van der Waals surface area contributed by atoms with Gasteiger partial charge in [-0.3, -0.25) is 4.79 Å². The number of sulfonamides is 1. The molecule has 94 valence electrons. The maximum absolute atomic E-state index is 11.7. The van der Waals surface area contributed by atoms with Crippen LogP contribution in [0.25, 0.3) is 0 Å². The van der Waals surface area contributed by atoms with Crippen LogP contribution in [0.5, 0.6) is 0 Å². The summed E-state index contributed by atoms with van der Waals surface area (Å²) in [5.41, 5.74) is 0. The van der Waals surface area contributed by atoms with Gasteiger partial charge in [-0.2, -0.15) is 0 Å². The Kier molecular flexibility index (Phi) is 3.60. The third-order valence-corrected chi connectivity index (χ3v) is 3.80. The van der Waals surface area contributed by atoms with Gasteiger partial charge in [-0.15, -0.1) is 0 Å². The molecule has 1 fully saturated rings. The van der Waals surface area contributed by atoms with Gasteiger partial charge in [-0.05, 0) is 25.0 Å². The van der Waals surface area contributed by atoms with Gasteiger partial charge >= 0.3 is 0 Å². The molecule has 6 nitrogen and oxygen atoms in total. The van der Waals surface area contributed by atoms with Crippen molar-refractivity contribution in [1.29, 1.82) is 0 Å². The SMILES string of the molecule is O=Cc1ccc(S(=O)(=O)NCC2CCCO2)o1. The molecule has 7 heteroatoms. The Morgan fingerprint density at radius 2 is 2.29 bits per heavy atom. The highest BCUT2D eigenvalue weighted by molar-refractivity contribution is 7.89. The van der Waals surface area contributed by atoms with Crippen LogP contribution in [0.15, 0.2) is 21.6 Å². The number of hydrogen-bond acceptors (Lipinski definition) is 5. The highest BCUT2D eigenvalue weighted by atomic mass is 32.2. The number of carbonyl (C=O) groups is 1. The van der Waals surface area contributed by atoms with Gasteiger partial charge in [0.05, 0.1) is 6.10 Å². The number of nitrogens with one attached hydrogen (secondary N) is 1. The summed E-state index contributed by atoms with van der Waals surface area (Å²) in [6, 6.07) is 2.56. The Bertz CT molecular complexity index is 487. The maximum Gasteiger partial charge on any atom is 0.274 e. The molecule has 1 unspecified atom stereocenters. The fraction of sp³-hybridized carbons (Fsp3) is 0.500. The van der Waals surface area contributed by atoms with Crippen LogP contribution in [-0.4, -0.2) is 34.0 Å². The zero-order valence-electron chi connectivity index (χ0n) is 9.09. The number of aldehydes is 1. The van der Waals surface area contributed by atoms with Gasteiger partial charge in [0.2, 0.25) is 5.09 Å². The number of hydrogen-bond donors (Lipinski definition) is 1. The van der Waals surface area contributed by atoms with Crippen molar-refractivity contribution in [3.63, 3.8) is 0 Å². The van der Waals surface area contributed by atoms with E-state index < -0.39 is 10.0 Å². The molecule has 0 spiro atoms. The second kappa shape index (κ2) is 4.99. The molecular formula is C10H13NO5S. The van der Waals surface area contributed by atoms with Gasteiger partial charge in [-0.25, -0.2) is 13.1 Å². The van der Waals surface area contributed by atoms with Crippen LogP contribution in [0, 0.1) is 0 Å². The van der Waals surface area contributed by atoms with E-state index in [-0.39, 0.29) is 23.5 Å². The van der Waals surface area contributed by atoms with E-state index in [2.05, 4.69) is 4.72 Å². The van der Waals surface area contributed by atoms with Crippen molar-refractivity contribution in [3.8, 4) is 0 Å². The highest BCUT2D eigenvalue weighted by Gasteiger charge is 2.22. The molecule has 1 saturated heterocycles. The molecule has 1 aliphatic heterocycles. The maximum atomic E-state index is 11.7. The molecule has 0 bridgehead atoms. The normalized spacial score (nSPS) is 20.6. The van der Waals surface area contributed by atoms with Crippen molar-refractivity contribution in [3.05, 3.63) is 17.9 Å². The molecule has 0 amide bonds. The van der Waals surface area contributed by atoms with Crippen LogP contribution >= 0.6 is 0 Å². The lowest BCUT2D eigenvalue weighted by Crippen LogP contribution is -2.31. The molecule has 17 heavy (non-hydrogen) atoms. The molecule has 0 radical (unpaired) electrons. The van der Waals surface area contributed by atoms with E-state index in [1.54, 1.807) is 0 Å². The van der Waals surface area contributed by atoms with E-state index in [9.17, 15) is 13.2 Å². The van der Waals surface area contributed by atoms with Gasteiger partial charge in [0.15, 0.2) is 12.0 Å². The summed E-state index contributed by atoms with van der Waals surface area (Å²) in [6.07, 6.45) is 2.17. The summed E-state index contributed by atoms with van der Waals surface area (Å²) in [4.78, 5) is 10.4. The highest BCUT2D eigenvalue weighted by Crippen LogP contribution is 2.14. The molecule has 1 N–H and O–H groups in total. The Labute approximate surface area is 99.0 Å². The van der Waals surface area contributed by atoms with Gasteiger partial charge < -0.3 is 9.15 Å². The molecule has 2 heterocycles. The summed E-state index contributed by atoms with van der Waals surface area (Å²) in [6.45, 7) is 0.891. The van der Waals surface area contributed by atoms with E-state index in [0.29, 0.717) is 12.9 Å². The molecular weight excluding hydrogens is 246 g/mol. The lowest BCUT2D eigenvalue weighted by atomic mass is 10.2. The van der Waals surface area contributed by atoms with Crippen molar-refractivity contribution in [2.45, 2.75) is 24.0 Å². The van der Waals surface area contributed by atoms with Gasteiger partial charge in [0.25, 0.3) is 10.0 Å². The number of rotatable bonds is 5. The van der Waals surface area contributed by atoms with Crippen molar-refractivity contribution >= 4 is 16.3 Å². The summed E-state index contributed by atoms with van der Waals surface area (Å²) in [7, 11) is -3.69. The predicted molar refractivity (Wildman–Crippen MR) is 58.3 cm³/mol. The topological polar surface area (TPSA) is 85.6 Å². The first-order chi connectivity index (χ1) is 8.12. The van der Waals surface area contributed by atoms with Crippen LogP contribution in [0.4, 0.5) is 0 Å². The quantitative estimate of drug-likeness (QED) is 0.780. The smallest absolute Gasteiger partial charge is 0.274 e. The largest absolute Gasteiger partial charge is 0.440 e. The molecule has 0 aromatic carbocycles. The van der Waals surface area contributed by atoms with Crippen LogP contribution in [0.1, 0.15) is 23.4 Å². The second-order valence-electron chi connectivity index (χ2n) is 3.76. The van der Waals surface area contributed by atoms with Gasteiger partial charge in [0, 0.05) is 13.2 Å². The molecule has 1 aromatic heterocycles. The predicted octanol–water partition coefficient (Wildman–Crippen LogP) is 0.549. The number of furan rings is 1. The van der Waals surface area contributed by atoms with Crippen molar-refractivity contribution in [2.24, 2.45) is 0 Å². The van der Waals surface area contributed by atoms with E-state index in [4.69, 9.17) is 9.15 Å². The van der Waals surface area contributed by atoms with Crippen molar-refractivity contribution in [2.75, 3.05) is 13.2 Å². The van der Waals surface area contributed by atoms with Crippen molar-refractivity contribution in [1.82, 2.24) is 4.72 Å². The molecule has 1 aliphatic rings. The van der Waals surface area contributed by atoms with Crippen LogP contribution in [0.3, 0.4) is 0 Å². The zero-order chi connectivity index (χ0) is 12.3. The van der Waals surface area contributed by atoms with Gasteiger partial charge in [0.1, 0.15) is 0 Å². The average Bonchev–Trinajstić information content (AvgIpc) is 2.98. The Morgan fingerprint density at radius 1 is 1.47 bits per heavy atom. The monoisotopic (exact) mass is 259 g/mol. The molecule has 1 atom stereocenters. The van der Waals surface area contributed by atoms with E-state index >= 15 is 0 Å². The average molecular weight is 259 g/mol. The molecule has 0 saturated carbocycles. The standard InChI is InChI=1S/C10H13NO5S/c12-7-9-3-4-10(16-9)17(13,14)11-6-8-2-1-5-15-8/h3-4,7-8,11H,1-2,5-6H2. The number of ether oxygens (including phenoxy) is 1. The molecule has 0 aliphatic carbocycles. The minimum absolute atomic E-state index is 0.0116. The van der Waals surface area contributed by atoms with E-state index in [1.807, 2.05) is 0 Å². The number of carbonyl (C=O) groups excluding carboxylic acids is 1. The van der Waals surface area contributed by atoms with E-state index in [1.165, 1.54) is 12.1 Å². The Balaban J connectivity index is 2.00. The summed E-state index contributed by atoms with van der Waals surface area (Å²) < 4.78 is 36.0. The Morgan fingerprint density at radius 3 is 2.88 bits per heavy atom. The zero-order valence-corrected chi connectivity index (χ0v) is 9.90. The fourth-order valence-corrected chi connectivity index (χ4v) is 2.62. The summed E-state index contributed by atoms with van der Waals surface area (Å²) in [5.74, 6) is -0.0116. The minimum Gasteiger partial charge on any atom is -0.440 e. The molecule has 2 rings (SSSR count). The lowest BCUT2D eigenvalue weighted by molar-refractivity contribution is 0.109. The molecule has 1 aromatic rings. The third-order valence-electron chi connectivity index (χ3n) is 2.51. The first kappa shape index (κ1) is 12.3. The lowest BCUT2D eigenvalue weighted by Gasteiger charge is -2.09. The van der Waals surface area contributed by atoms with Gasteiger partial charge in [-0.1, -0.05) is 0 Å². The Hall–Kier alpha value is -1.18. The third kappa shape index (κ3) is 2.93.